The van der Waals surface area contributed by atoms with Gasteiger partial charge < -0.3 is 4.90 Å². The summed E-state index contributed by atoms with van der Waals surface area (Å²) in [6.45, 7) is 9.20. The summed E-state index contributed by atoms with van der Waals surface area (Å²) in [6.07, 6.45) is 8.48. The second-order valence-corrected chi connectivity index (χ2v) is 6.69. The maximum Gasteiger partial charge on any atom is 0.0478 e. The van der Waals surface area contributed by atoms with Crippen molar-refractivity contribution in [3.05, 3.63) is 84.6 Å². The zero-order chi connectivity index (χ0) is 16.8. The van der Waals surface area contributed by atoms with Crippen molar-refractivity contribution in [1.29, 1.82) is 0 Å². The second kappa shape index (κ2) is 8.01. The van der Waals surface area contributed by atoms with E-state index in [1.807, 2.05) is 6.08 Å². The molecule has 0 spiro atoms. The van der Waals surface area contributed by atoms with E-state index in [1.54, 1.807) is 0 Å². The average molecular weight is 317 g/mol. The zero-order valence-electron chi connectivity index (χ0n) is 14.5. The van der Waals surface area contributed by atoms with Crippen molar-refractivity contribution >= 4 is 11.8 Å². The molecular weight excluding hydrogens is 290 g/mol. The first-order valence-electron chi connectivity index (χ1n) is 9.00. The molecule has 1 fully saturated rings. The Labute approximate surface area is 146 Å². The number of para-hydroxylation sites is 1. The minimum atomic E-state index is 0.617. The highest BCUT2D eigenvalue weighted by atomic mass is 15.1. The Morgan fingerprint density at radius 1 is 0.958 bits per heavy atom. The fourth-order valence-corrected chi connectivity index (χ4v) is 3.56. The Kier molecular flexibility index (Phi) is 5.53. The van der Waals surface area contributed by atoms with Gasteiger partial charge in [0.2, 0.25) is 0 Å². The van der Waals surface area contributed by atoms with Crippen LogP contribution in [0.4, 0.5) is 5.69 Å². The van der Waals surface area contributed by atoms with E-state index in [9.17, 15) is 0 Å². The van der Waals surface area contributed by atoms with Crippen LogP contribution in [0.2, 0.25) is 0 Å². The van der Waals surface area contributed by atoms with Crippen molar-refractivity contribution in [1.82, 2.24) is 0 Å². The molecule has 0 amide bonds. The van der Waals surface area contributed by atoms with Crippen molar-refractivity contribution in [3.63, 3.8) is 0 Å². The van der Waals surface area contributed by atoms with Crippen LogP contribution in [-0.2, 0) is 6.54 Å². The molecule has 0 bridgehead atoms. The molecule has 0 aliphatic heterocycles. The Morgan fingerprint density at radius 2 is 1.62 bits per heavy atom. The summed E-state index contributed by atoms with van der Waals surface area (Å²) in [4.78, 5) is 2.40. The Hall–Kier alpha value is -2.28. The lowest BCUT2D eigenvalue weighted by Crippen LogP contribution is -2.27. The van der Waals surface area contributed by atoms with E-state index >= 15 is 0 Å². The molecule has 1 heteroatoms. The van der Waals surface area contributed by atoms with Gasteiger partial charge in [0.15, 0.2) is 0 Å². The van der Waals surface area contributed by atoms with Crippen LogP contribution in [0.3, 0.4) is 0 Å². The van der Waals surface area contributed by atoms with Gasteiger partial charge in [0.1, 0.15) is 0 Å². The van der Waals surface area contributed by atoms with Crippen LogP contribution >= 0.6 is 0 Å². The molecule has 0 heterocycles. The molecular formula is C23H27N. The van der Waals surface area contributed by atoms with Crippen molar-refractivity contribution in [2.75, 3.05) is 4.90 Å². The molecule has 0 radical (unpaired) electrons. The third-order valence-electron chi connectivity index (χ3n) is 5.05. The monoisotopic (exact) mass is 317 g/mol. The molecule has 1 saturated carbocycles. The number of hydrogen-bond acceptors (Lipinski definition) is 1. The van der Waals surface area contributed by atoms with E-state index in [4.69, 9.17) is 0 Å². The molecule has 124 valence electrons. The predicted octanol–water partition coefficient (Wildman–Crippen LogP) is 6.43. The van der Waals surface area contributed by atoms with Crippen LogP contribution in [0.5, 0.6) is 0 Å². The van der Waals surface area contributed by atoms with Gasteiger partial charge in [-0.1, -0.05) is 81.0 Å². The van der Waals surface area contributed by atoms with Crippen molar-refractivity contribution in [3.8, 4) is 0 Å². The van der Waals surface area contributed by atoms with E-state index in [0.29, 0.717) is 5.92 Å². The highest BCUT2D eigenvalue weighted by Gasteiger charge is 2.22. The van der Waals surface area contributed by atoms with Gasteiger partial charge in [0, 0.05) is 17.9 Å². The summed E-state index contributed by atoms with van der Waals surface area (Å²) in [5.74, 6) is 0.617. The lowest BCUT2D eigenvalue weighted by molar-refractivity contribution is 0.396. The standard InChI is InChI=1S/C23H27N/c1-3-20-14-16-21(17-15-20)18-24(23-12-8-5-9-13-23)19(2)22-10-6-4-7-11-22/h3,5,8-9,12-17,22H,1-2,4,6-7,10-11,18H2. The SMILES string of the molecule is C=Cc1ccc(CN(C(=C)C2CCCCC2)c2ccccc2)cc1. The fourth-order valence-electron chi connectivity index (χ4n) is 3.56. The summed E-state index contributed by atoms with van der Waals surface area (Å²) in [5, 5.41) is 0. The number of rotatable bonds is 6. The second-order valence-electron chi connectivity index (χ2n) is 6.69. The molecule has 0 saturated heterocycles. The van der Waals surface area contributed by atoms with Crippen molar-refractivity contribution in [2.45, 2.75) is 38.6 Å². The van der Waals surface area contributed by atoms with Gasteiger partial charge in [0.05, 0.1) is 0 Å². The predicted molar refractivity (Wildman–Crippen MR) is 105 cm³/mol. The molecule has 1 aliphatic carbocycles. The first-order valence-corrected chi connectivity index (χ1v) is 9.00. The van der Waals surface area contributed by atoms with Crippen LogP contribution in [0.15, 0.2) is 73.5 Å². The molecule has 24 heavy (non-hydrogen) atoms. The largest absolute Gasteiger partial charge is 0.341 e. The van der Waals surface area contributed by atoms with Crippen LogP contribution in [-0.4, -0.2) is 0 Å². The van der Waals surface area contributed by atoms with Crippen LogP contribution in [0.25, 0.3) is 6.08 Å². The number of benzene rings is 2. The maximum atomic E-state index is 4.49. The van der Waals surface area contributed by atoms with Gasteiger partial charge in [-0.3, -0.25) is 0 Å². The molecule has 1 aliphatic rings. The summed E-state index contributed by atoms with van der Waals surface area (Å²) in [5.41, 5.74) is 4.98. The normalized spacial score (nSPS) is 15.0. The molecule has 1 nitrogen and oxygen atoms in total. The van der Waals surface area contributed by atoms with Crippen LogP contribution in [0.1, 0.15) is 43.2 Å². The highest BCUT2D eigenvalue weighted by molar-refractivity contribution is 5.53. The summed E-state index contributed by atoms with van der Waals surface area (Å²) >= 11 is 0. The number of hydrogen-bond donors (Lipinski definition) is 0. The molecule has 3 rings (SSSR count). The number of nitrogens with zero attached hydrogens (tertiary/aromatic N) is 1. The number of allylic oxidation sites excluding steroid dienone is 1. The minimum absolute atomic E-state index is 0.617. The summed E-state index contributed by atoms with van der Waals surface area (Å²) in [6, 6.07) is 19.3. The molecule has 2 aromatic rings. The lowest BCUT2D eigenvalue weighted by Gasteiger charge is -2.34. The topological polar surface area (TPSA) is 3.24 Å². The van der Waals surface area contributed by atoms with Crippen molar-refractivity contribution < 1.29 is 0 Å². The first-order chi connectivity index (χ1) is 11.8. The third kappa shape index (κ3) is 3.97. The van der Waals surface area contributed by atoms with Crippen molar-refractivity contribution in [2.24, 2.45) is 5.92 Å². The van der Waals surface area contributed by atoms with E-state index in [0.717, 1.165) is 12.1 Å². The number of anilines is 1. The molecule has 0 atom stereocenters. The Morgan fingerprint density at radius 3 is 2.25 bits per heavy atom. The smallest absolute Gasteiger partial charge is 0.0478 e. The highest BCUT2D eigenvalue weighted by Crippen LogP contribution is 2.34. The minimum Gasteiger partial charge on any atom is -0.341 e. The van der Waals surface area contributed by atoms with Gasteiger partial charge in [0.25, 0.3) is 0 Å². The van der Waals surface area contributed by atoms with Crippen LogP contribution < -0.4 is 4.90 Å². The zero-order valence-corrected chi connectivity index (χ0v) is 14.5. The quantitative estimate of drug-likeness (QED) is 0.593. The Balaban J connectivity index is 1.83. The molecule has 0 unspecified atom stereocenters. The van der Waals surface area contributed by atoms with Gasteiger partial charge in [-0.15, -0.1) is 0 Å². The first kappa shape index (κ1) is 16.6. The van der Waals surface area contributed by atoms with E-state index in [2.05, 4.69) is 72.7 Å². The van der Waals surface area contributed by atoms with Gasteiger partial charge >= 0.3 is 0 Å². The van der Waals surface area contributed by atoms with Gasteiger partial charge in [-0.2, -0.15) is 0 Å². The maximum absolute atomic E-state index is 4.49. The van der Waals surface area contributed by atoms with E-state index < -0.39 is 0 Å². The Bertz CT molecular complexity index is 663. The molecule has 0 aromatic heterocycles. The third-order valence-corrected chi connectivity index (χ3v) is 5.05. The van der Waals surface area contributed by atoms with E-state index in [-0.39, 0.29) is 0 Å². The van der Waals surface area contributed by atoms with Gasteiger partial charge in [-0.05, 0) is 42.0 Å². The lowest BCUT2D eigenvalue weighted by atomic mass is 9.86. The van der Waals surface area contributed by atoms with E-state index in [1.165, 1.54) is 49.1 Å². The van der Waals surface area contributed by atoms with Crippen LogP contribution in [0, 0.1) is 5.92 Å². The molecule has 0 N–H and O–H groups in total. The summed E-state index contributed by atoms with van der Waals surface area (Å²) < 4.78 is 0. The molecule has 2 aromatic carbocycles. The summed E-state index contributed by atoms with van der Waals surface area (Å²) in [7, 11) is 0. The fraction of sp³-hybridized carbons (Fsp3) is 0.304. The van der Waals surface area contributed by atoms with Gasteiger partial charge in [-0.25, -0.2) is 0 Å². The average Bonchev–Trinajstić information content (AvgIpc) is 2.67.